The first-order valence-electron chi connectivity index (χ1n) is 9.42. The van der Waals surface area contributed by atoms with E-state index in [4.69, 9.17) is 14.2 Å². The standard InChI is InChI=1S/C20H27NO7/c1-12(2)15-7-5-13(3)9-18(15)28-19(22)11-27-20(23)14-6-8-17(26-4)16(10-14)21(24)25/h6,8,10,12-13,15,18H,5,7,9,11H2,1-4H3/t13-,15+,18-/m1/s1. The van der Waals surface area contributed by atoms with E-state index in [1.165, 1.54) is 19.2 Å². The molecule has 0 amide bonds. The number of ether oxygens (including phenoxy) is 3. The third-order valence-corrected chi connectivity index (χ3v) is 5.18. The summed E-state index contributed by atoms with van der Waals surface area (Å²) in [5, 5.41) is 11.1. The van der Waals surface area contributed by atoms with E-state index in [-0.39, 0.29) is 23.1 Å². The number of methoxy groups -OCH3 is 1. The molecule has 0 heterocycles. The summed E-state index contributed by atoms with van der Waals surface area (Å²) >= 11 is 0. The van der Waals surface area contributed by atoms with Crippen LogP contribution in [0.1, 0.15) is 50.4 Å². The largest absolute Gasteiger partial charge is 0.490 e. The number of benzene rings is 1. The van der Waals surface area contributed by atoms with Gasteiger partial charge in [-0.3, -0.25) is 10.1 Å². The number of carbonyl (C=O) groups excluding carboxylic acids is 2. The molecule has 0 saturated heterocycles. The van der Waals surface area contributed by atoms with Gasteiger partial charge in [0.2, 0.25) is 0 Å². The molecular formula is C20H27NO7. The van der Waals surface area contributed by atoms with Gasteiger partial charge in [-0.05, 0) is 42.7 Å². The number of nitro benzene ring substituents is 1. The third-order valence-electron chi connectivity index (χ3n) is 5.18. The van der Waals surface area contributed by atoms with Crippen LogP contribution in [0.15, 0.2) is 18.2 Å². The first kappa shape index (κ1) is 21.7. The lowest BCUT2D eigenvalue weighted by molar-refractivity contribution is -0.385. The summed E-state index contributed by atoms with van der Waals surface area (Å²) in [4.78, 5) is 34.7. The number of nitrogens with zero attached hydrogens (tertiary/aromatic N) is 1. The second kappa shape index (κ2) is 9.52. The van der Waals surface area contributed by atoms with Gasteiger partial charge in [-0.25, -0.2) is 9.59 Å². The minimum Gasteiger partial charge on any atom is -0.490 e. The molecule has 0 aliphatic heterocycles. The molecule has 0 N–H and O–H groups in total. The van der Waals surface area contributed by atoms with E-state index >= 15 is 0 Å². The van der Waals surface area contributed by atoms with Crippen LogP contribution in [0.2, 0.25) is 0 Å². The van der Waals surface area contributed by atoms with E-state index < -0.39 is 23.5 Å². The van der Waals surface area contributed by atoms with Gasteiger partial charge in [0, 0.05) is 6.07 Å². The van der Waals surface area contributed by atoms with Crippen molar-refractivity contribution in [1.29, 1.82) is 0 Å². The molecule has 0 bridgehead atoms. The molecule has 8 heteroatoms. The number of nitro groups is 1. The minimum atomic E-state index is -0.833. The molecule has 1 fully saturated rings. The van der Waals surface area contributed by atoms with Crippen LogP contribution in [0.25, 0.3) is 0 Å². The monoisotopic (exact) mass is 393 g/mol. The van der Waals surface area contributed by atoms with Crippen molar-refractivity contribution in [3.8, 4) is 5.75 Å². The van der Waals surface area contributed by atoms with E-state index in [9.17, 15) is 19.7 Å². The Labute approximate surface area is 164 Å². The zero-order valence-electron chi connectivity index (χ0n) is 16.7. The first-order chi connectivity index (χ1) is 13.2. The first-order valence-corrected chi connectivity index (χ1v) is 9.42. The van der Waals surface area contributed by atoms with Crippen molar-refractivity contribution in [1.82, 2.24) is 0 Å². The summed E-state index contributed by atoms with van der Waals surface area (Å²) in [5.41, 5.74) is -0.387. The molecule has 2 rings (SSSR count). The fourth-order valence-corrected chi connectivity index (χ4v) is 3.62. The zero-order valence-corrected chi connectivity index (χ0v) is 16.7. The van der Waals surface area contributed by atoms with Crippen LogP contribution in [0.5, 0.6) is 5.75 Å². The van der Waals surface area contributed by atoms with Crippen LogP contribution in [0.3, 0.4) is 0 Å². The fraction of sp³-hybridized carbons (Fsp3) is 0.600. The lowest BCUT2D eigenvalue weighted by atomic mass is 9.75. The Bertz CT molecular complexity index is 731. The maximum absolute atomic E-state index is 12.2. The average molecular weight is 393 g/mol. The summed E-state index contributed by atoms with van der Waals surface area (Å²) in [6.07, 6.45) is 2.73. The predicted octanol–water partition coefficient (Wildman–Crippen LogP) is 3.76. The van der Waals surface area contributed by atoms with Gasteiger partial charge in [0.05, 0.1) is 17.6 Å². The molecule has 154 valence electrons. The molecule has 1 aliphatic carbocycles. The highest BCUT2D eigenvalue weighted by Crippen LogP contribution is 2.35. The Balaban J connectivity index is 1.96. The van der Waals surface area contributed by atoms with Gasteiger partial charge in [0.25, 0.3) is 0 Å². The second-order valence-electron chi connectivity index (χ2n) is 7.57. The van der Waals surface area contributed by atoms with Crippen LogP contribution in [-0.4, -0.2) is 36.7 Å². The van der Waals surface area contributed by atoms with Crippen LogP contribution >= 0.6 is 0 Å². The Kier molecular flexibility index (Phi) is 7.37. The molecular weight excluding hydrogens is 366 g/mol. The van der Waals surface area contributed by atoms with Gasteiger partial charge in [0.1, 0.15) is 6.10 Å². The summed E-state index contributed by atoms with van der Waals surface area (Å²) in [5.74, 6) is -0.240. The van der Waals surface area contributed by atoms with Crippen molar-refractivity contribution < 1.29 is 28.7 Å². The van der Waals surface area contributed by atoms with E-state index in [2.05, 4.69) is 20.8 Å². The fourth-order valence-electron chi connectivity index (χ4n) is 3.62. The van der Waals surface area contributed by atoms with Crippen LogP contribution < -0.4 is 4.74 Å². The van der Waals surface area contributed by atoms with E-state index in [0.717, 1.165) is 25.3 Å². The maximum Gasteiger partial charge on any atom is 0.344 e. The van der Waals surface area contributed by atoms with Crippen molar-refractivity contribution in [3.63, 3.8) is 0 Å². The molecule has 3 atom stereocenters. The van der Waals surface area contributed by atoms with Crippen molar-refractivity contribution in [2.75, 3.05) is 13.7 Å². The quantitative estimate of drug-likeness (QED) is 0.394. The lowest BCUT2D eigenvalue weighted by Gasteiger charge is -2.36. The summed E-state index contributed by atoms with van der Waals surface area (Å²) in [7, 11) is 1.30. The molecule has 1 saturated carbocycles. The number of rotatable bonds is 7. The highest BCUT2D eigenvalue weighted by atomic mass is 16.6. The van der Waals surface area contributed by atoms with E-state index in [1.54, 1.807) is 0 Å². The molecule has 8 nitrogen and oxygen atoms in total. The topological polar surface area (TPSA) is 105 Å². The Morgan fingerprint density at radius 3 is 2.61 bits per heavy atom. The van der Waals surface area contributed by atoms with Crippen LogP contribution in [0, 0.1) is 27.9 Å². The average Bonchev–Trinajstić information content (AvgIpc) is 2.65. The van der Waals surface area contributed by atoms with Gasteiger partial charge < -0.3 is 14.2 Å². The Morgan fingerprint density at radius 1 is 1.29 bits per heavy atom. The van der Waals surface area contributed by atoms with Crippen molar-refractivity contribution in [2.24, 2.45) is 17.8 Å². The number of esters is 2. The number of hydrogen-bond acceptors (Lipinski definition) is 7. The Hall–Kier alpha value is -2.64. The summed E-state index contributed by atoms with van der Waals surface area (Å²) in [6, 6.07) is 3.71. The lowest BCUT2D eigenvalue weighted by Crippen LogP contribution is -2.36. The van der Waals surface area contributed by atoms with Crippen molar-refractivity contribution in [3.05, 3.63) is 33.9 Å². The molecule has 28 heavy (non-hydrogen) atoms. The van der Waals surface area contributed by atoms with E-state index in [1.807, 2.05) is 0 Å². The van der Waals surface area contributed by atoms with Crippen molar-refractivity contribution in [2.45, 2.75) is 46.1 Å². The van der Waals surface area contributed by atoms with Crippen LogP contribution in [0.4, 0.5) is 5.69 Å². The summed E-state index contributed by atoms with van der Waals surface area (Å²) < 4.78 is 15.5. The molecule has 0 aromatic heterocycles. The highest BCUT2D eigenvalue weighted by Gasteiger charge is 2.33. The highest BCUT2D eigenvalue weighted by molar-refractivity contribution is 5.91. The molecule has 0 radical (unpaired) electrons. The summed E-state index contributed by atoms with van der Waals surface area (Å²) in [6.45, 7) is 5.82. The smallest absolute Gasteiger partial charge is 0.344 e. The van der Waals surface area contributed by atoms with Gasteiger partial charge in [-0.2, -0.15) is 0 Å². The maximum atomic E-state index is 12.2. The molecule has 1 aromatic carbocycles. The van der Waals surface area contributed by atoms with Gasteiger partial charge in [-0.15, -0.1) is 0 Å². The minimum absolute atomic E-state index is 0.0344. The molecule has 1 aromatic rings. The van der Waals surface area contributed by atoms with Gasteiger partial charge >= 0.3 is 17.6 Å². The predicted molar refractivity (Wildman–Crippen MR) is 101 cm³/mol. The van der Waals surface area contributed by atoms with E-state index in [0.29, 0.717) is 17.8 Å². The van der Waals surface area contributed by atoms with Crippen molar-refractivity contribution >= 4 is 17.6 Å². The normalized spacial score (nSPS) is 21.8. The van der Waals surface area contributed by atoms with Crippen LogP contribution in [-0.2, 0) is 14.3 Å². The number of carbonyl (C=O) groups is 2. The Morgan fingerprint density at radius 2 is 2.00 bits per heavy atom. The third kappa shape index (κ3) is 5.43. The van der Waals surface area contributed by atoms with Gasteiger partial charge in [0.15, 0.2) is 12.4 Å². The zero-order chi connectivity index (χ0) is 20.8. The number of hydrogen-bond donors (Lipinski definition) is 0. The van der Waals surface area contributed by atoms with Gasteiger partial charge in [-0.1, -0.05) is 27.2 Å². The molecule has 0 unspecified atom stereocenters. The SMILES string of the molecule is COc1ccc(C(=O)OCC(=O)O[C@@H]2C[C@H](C)CC[C@H]2C(C)C)cc1[N+](=O)[O-]. The molecule has 1 aliphatic rings. The molecule has 0 spiro atoms. The second-order valence-corrected chi connectivity index (χ2v) is 7.57.